The third-order valence-corrected chi connectivity index (χ3v) is 4.35. The summed E-state index contributed by atoms with van der Waals surface area (Å²) in [5, 5.41) is 2.75. The van der Waals surface area contributed by atoms with Crippen molar-refractivity contribution in [1.82, 2.24) is 0 Å². The molecule has 1 aromatic carbocycles. The summed E-state index contributed by atoms with van der Waals surface area (Å²) in [6.07, 6.45) is 4.00. The maximum Gasteiger partial charge on any atom is 0.412 e. The van der Waals surface area contributed by atoms with Gasteiger partial charge in [0, 0.05) is 22.7 Å². The number of hydrogen-bond acceptors (Lipinski definition) is 4. The minimum atomic E-state index is -0.523. The summed E-state index contributed by atoms with van der Waals surface area (Å²) >= 11 is 0. The number of benzene rings is 1. The second kappa shape index (κ2) is 6.79. The zero-order valence-electron chi connectivity index (χ0n) is 14.6. The Hall–Kier alpha value is -1.75. The monoisotopic (exact) mass is 320 g/mol. The van der Waals surface area contributed by atoms with Gasteiger partial charge in [0.15, 0.2) is 0 Å². The molecule has 0 heterocycles. The van der Waals surface area contributed by atoms with Crippen molar-refractivity contribution in [2.24, 2.45) is 5.73 Å². The second-order valence-corrected chi connectivity index (χ2v) is 7.21. The van der Waals surface area contributed by atoms with E-state index in [4.69, 9.17) is 15.2 Å². The fourth-order valence-corrected chi connectivity index (χ4v) is 3.16. The van der Waals surface area contributed by atoms with Crippen LogP contribution in [0.3, 0.4) is 0 Å². The van der Waals surface area contributed by atoms with E-state index < -0.39 is 11.7 Å². The molecule has 0 atom stereocenters. The highest BCUT2D eigenvalue weighted by atomic mass is 16.6. The van der Waals surface area contributed by atoms with Crippen LogP contribution in [0.15, 0.2) is 18.2 Å². The Morgan fingerprint density at radius 1 is 1.35 bits per heavy atom. The predicted octanol–water partition coefficient (Wildman–Crippen LogP) is 3.81. The van der Waals surface area contributed by atoms with Crippen molar-refractivity contribution in [2.75, 3.05) is 19.0 Å². The van der Waals surface area contributed by atoms with Crippen LogP contribution in [-0.4, -0.2) is 25.3 Å². The molecular weight excluding hydrogens is 292 g/mol. The topological polar surface area (TPSA) is 73.6 Å². The standard InChI is InChI=1S/C18H28N2O3/c1-17(2,3)23-16(21)20-13-6-7-14(15(12-13)22-4)18(10-11-19)8-5-9-18/h6-7,12H,5,8-11,19H2,1-4H3,(H,20,21). The van der Waals surface area contributed by atoms with Gasteiger partial charge in [-0.1, -0.05) is 12.5 Å². The number of anilines is 1. The smallest absolute Gasteiger partial charge is 0.412 e. The molecule has 0 aliphatic heterocycles. The van der Waals surface area contributed by atoms with E-state index in [1.807, 2.05) is 39.0 Å². The van der Waals surface area contributed by atoms with E-state index in [2.05, 4.69) is 5.32 Å². The molecule has 128 valence electrons. The van der Waals surface area contributed by atoms with Crippen LogP contribution in [0.5, 0.6) is 5.75 Å². The fourth-order valence-electron chi connectivity index (χ4n) is 3.16. The van der Waals surface area contributed by atoms with Crippen molar-refractivity contribution < 1.29 is 14.3 Å². The summed E-state index contributed by atoms with van der Waals surface area (Å²) in [6.45, 7) is 6.18. The summed E-state index contributed by atoms with van der Waals surface area (Å²) in [5.41, 5.74) is 7.26. The fraction of sp³-hybridized carbons (Fsp3) is 0.611. The Labute approximate surface area is 138 Å². The first kappa shape index (κ1) is 17.6. The van der Waals surface area contributed by atoms with Crippen molar-refractivity contribution >= 4 is 11.8 Å². The highest BCUT2D eigenvalue weighted by molar-refractivity contribution is 5.85. The maximum atomic E-state index is 11.9. The lowest BCUT2D eigenvalue weighted by molar-refractivity contribution is 0.0636. The van der Waals surface area contributed by atoms with E-state index in [1.54, 1.807) is 7.11 Å². The molecule has 0 unspecified atom stereocenters. The van der Waals surface area contributed by atoms with Crippen molar-refractivity contribution in [2.45, 2.75) is 57.5 Å². The van der Waals surface area contributed by atoms with Crippen molar-refractivity contribution in [1.29, 1.82) is 0 Å². The van der Waals surface area contributed by atoms with Gasteiger partial charge in [0.25, 0.3) is 0 Å². The van der Waals surface area contributed by atoms with Crippen LogP contribution in [0.2, 0.25) is 0 Å². The lowest BCUT2D eigenvalue weighted by Gasteiger charge is -2.43. The summed E-state index contributed by atoms with van der Waals surface area (Å²) in [5.74, 6) is 0.798. The molecule has 1 aliphatic carbocycles. The highest BCUT2D eigenvalue weighted by Crippen LogP contribution is 2.49. The number of nitrogens with one attached hydrogen (secondary N) is 1. The molecule has 23 heavy (non-hydrogen) atoms. The Kier molecular flexibility index (Phi) is 5.19. The summed E-state index contributed by atoms with van der Waals surface area (Å²) in [7, 11) is 1.66. The summed E-state index contributed by atoms with van der Waals surface area (Å²) in [6, 6.07) is 5.80. The maximum absolute atomic E-state index is 11.9. The van der Waals surface area contributed by atoms with Gasteiger partial charge >= 0.3 is 6.09 Å². The zero-order valence-corrected chi connectivity index (χ0v) is 14.6. The molecular formula is C18H28N2O3. The summed E-state index contributed by atoms with van der Waals surface area (Å²) in [4.78, 5) is 11.9. The number of rotatable bonds is 5. The molecule has 5 nitrogen and oxygen atoms in total. The lowest BCUT2D eigenvalue weighted by Crippen LogP contribution is -2.36. The first-order valence-corrected chi connectivity index (χ1v) is 8.18. The van der Waals surface area contributed by atoms with E-state index in [0.29, 0.717) is 12.2 Å². The van der Waals surface area contributed by atoms with E-state index >= 15 is 0 Å². The summed E-state index contributed by atoms with van der Waals surface area (Å²) < 4.78 is 10.8. The number of carbonyl (C=O) groups is 1. The number of hydrogen-bond donors (Lipinski definition) is 2. The molecule has 1 amide bonds. The molecule has 0 saturated heterocycles. The molecule has 2 rings (SSSR count). The number of methoxy groups -OCH3 is 1. The van der Waals surface area contributed by atoms with Crippen LogP contribution in [0.1, 0.15) is 52.0 Å². The molecule has 0 bridgehead atoms. The van der Waals surface area contributed by atoms with Gasteiger partial charge in [-0.15, -0.1) is 0 Å². The molecule has 1 saturated carbocycles. The van der Waals surface area contributed by atoms with Crippen LogP contribution in [0.4, 0.5) is 10.5 Å². The molecule has 1 aliphatic rings. The average molecular weight is 320 g/mol. The van der Waals surface area contributed by atoms with Gasteiger partial charge < -0.3 is 15.2 Å². The molecule has 0 radical (unpaired) electrons. The van der Waals surface area contributed by atoms with Gasteiger partial charge in [-0.3, -0.25) is 5.32 Å². The molecule has 1 aromatic rings. The lowest BCUT2D eigenvalue weighted by atomic mass is 9.62. The predicted molar refractivity (Wildman–Crippen MR) is 92.1 cm³/mol. The van der Waals surface area contributed by atoms with E-state index in [9.17, 15) is 4.79 Å². The minimum Gasteiger partial charge on any atom is -0.496 e. The van der Waals surface area contributed by atoms with Gasteiger partial charge in [0.05, 0.1) is 7.11 Å². The quantitative estimate of drug-likeness (QED) is 0.865. The number of nitrogens with two attached hydrogens (primary N) is 1. The highest BCUT2D eigenvalue weighted by Gasteiger charge is 2.39. The van der Waals surface area contributed by atoms with Gasteiger partial charge in [-0.25, -0.2) is 4.79 Å². The van der Waals surface area contributed by atoms with Gasteiger partial charge in [-0.2, -0.15) is 0 Å². The van der Waals surface area contributed by atoms with E-state index in [1.165, 1.54) is 12.0 Å². The molecule has 5 heteroatoms. The Morgan fingerprint density at radius 3 is 2.52 bits per heavy atom. The molecule has 1 fully saturated rings. The van der Waals surface area contributed by atoms with Crippen LogP contribution < -0.4 is 15.8 Å². The van der Waals surface area contributed by atoms with Crippen LogP contribution >= 0.6 is 0 Å². The molecule has 3 N–H and O–H groups in total. The SMILES string of the molecule is COc1cc(NC(=O)OC(C)(C)C)ccc1C1(CCN)CCC1. The van der Waals surface area contributed by atoms with Gasteiger partial charge in [0.2, 0.25) is 0 Å². The minimum absolute atomic E-state index is 0.130. The molecule has 0 spiro atoms. The number of ether oxygens (including phenoxy) is 2. The largest absolute Gasteiger partial charge is 0.496 e. The van der Waals surface area contributed by atoms with E-state index in [0.717, 1.165) is 25.0 Å². The normalized spacial score (nSPS) is 16.4. The van der Waals surface area contributed by atoms with Crippen molar-refractivity contribution in [3.05, 3.63) is 23.8 Å². The third kappa shape index (κ3) is 4.16. The van der Waals surface area contributed by atoms with E-state index in [-0.39, 0.29) is 5.41 Å². The van der Waals surface area contributed by atoms with Crippen molar-refractivity contribution in [3.8, 4) is 5.75 Å². The first-order chi connectivity index (χ1) is 10.8. The van der Waals surface area contributed by atoms with Crippen LogP contribution in [0, 0.1) is 0 Å². The number of carbonyl (C=O) groups excluding carboxylic acids is 1. The van der Waals surface area contributed by atoms with Crippen LogP contribution in [0.25, 0.3) is 0 Å². The van der Waals surface area contributed by atoms with Gasteiger partial charge in [-0.05, 0) is 52.6 Å². The Bertz CT molecular complexity index is 560. The zero-order chi connectivity index (χ0) is 17.1. The second-order valence-electron chi connectivity index (χ2n) is 7.21. The Balaban J connectivity index is 2.18. The average Bonchev–Trinajstić information content (AvgIpc) is 2.41. The first-order valence-electron chi connectivity index (χ1n) is 8.18. The van der Waals surface area contributed by atoms with Gasteiger partial charge in [0.1, 0.15) is 11.4 Å². The molecule has 0 aromatic heterocycles. The van der Waals surface area contributed by atoms with Crippen molar-refractivity contribution in [3.63, 3.8) is 0 Å². The Morgan fingerprint density at radius 2 is 2.04 bits per heavy atom. The third-order valence-electron chi connectivity index (χ3n) is 4.35. The van der Waals surface area contributed by atoms with Crippen LogP contribution in [-0.2, 0) is 10.2 Å². The number of amides is 1.